The first-order valence-corrected chi connectivity index (χ1v) is 9.31. The summed E-state index contributed by atoms with van der Waals surface area (Å²) in [6.45, 7) is 3.03. The molecule has 0 aliphatic heterocycles. The molecule has 2 aromatic carbocycles. The number of amides is 1. The molecule has 1 aromatic heterocycles. The first-order valence-electron chi connectivity index (χ1n) is 9.31. The van der Waals surface area contributed by atoms with Crippen molar-refractivity contribution in [2.24, 2.45) is 0 Å². The molecule has 27 heavy (non-hydrogen) atoms. The maximum absolute atomic E-state index is 12.6. The zero-order valence-corrected chi connectivity index (χ0v) is 16.1. The number of carbonyl (C=O) groups excluding carboxylic acids is 1. The Labute approximate surface area is 160 Å². The molecule has 0 atom stereocenters. The zero-order chi connectivity index (χ0) is 19.2. The van der Waals surface area contributed by atoms with Gasteiger partial charge in [0.2, 0.25) is 0 Å². The Hall–Kier alpha value is -2.92. The van der Waals surface area contributed by atoms with Gasteiger partial charge >= 0.3 is 0 Å². The number of nitrogens with zero attached hydrogens (tertiary/aromatic N) is 3. The number of rotatable bonds is 7. The zero-order valence-electron chi connectivity index (χ0n) is 16.1. The second-order valence-corrected chi connectivity index (χ2v) is 6.74. The van der Waals surface area contributed by atoms with E-state index in [9.17, 15) is 4.79 Å². The van der Waals surface area contributed by atoms with Gasteiger partial charge in [0.25, 0.3) is 5.91 Å². The third-order valence-corrected chi connectivity index (χ3v) is 4.35. The molecule has 0 fully saturated rings. The third kappa shape index (κ3) is 4.44. The maximum Gasteiger partial charge on any atom is 0.266 e. The van der Waals surface area contributed by atoms with Gasteiger partial charge in [-0.3, -0.25) is 14.9 Å². The topological polar surface area (TPSA) is 50.2 Å². The van der Waals surface area contributed by atoms with Crippen molar-refractivity contribution in [3.8, 4) is 22.5 Å². The quantitative estimate of drug-likeness (QED) is 0.640. The minimum atomic E-state index is -0.139. The fourth-order valence-corrected chi connectivity index (χ4v) is 3.04. The van der Waals surface area contributed by atoms with E-state index in [2.05, 4.69) is 35.2 Å². The highest BCUT2D eigenvalue weighted by molar-refractivity contribution is 6.00. The summed E-state index contributed by atoms with van der Waals surface area (Å²) in [5.74, 6) is -0.139. The van der Waals surface area contributed by atoms with Gasteiger partial charge in [-0.1, -0.05) is 61.9 Å². The van der Waals surface area contributed by atoms with Crippen molar-refractivity contribution in [3.05, 3.63) is 66.2 Å². The van der Waals surface area contributed by atoms with Gasteiger partial charge in [0.1, 0.15) is 0 Å². The van der Waals surface area contributed by atoms with E-state index in [-0.39, 0.29) is 5.91 Å². The highest BCUT2D eigenvalue weighted by Gasteiger charge is 2.17. The number of hydrogen-bond donors (Lipinski definition) is 1. The summed E-state index contributed by atoms with van der Waals surface area (Å²) in [6, 6.07) is 19.9. The van der Waals surface area contributed by atoms with Crippen molar-refractivity contribution in [2.45, 2.75) is 26.3 Å². The van der Waals surface area contributed by atoms with Crippen molar-refractivity contribution >= 4 is 5.91 Å². The predicted octanol–water partition coefficient (Wildman–Crippen LogP) is 4.22. The first kappa shape index (κ1) is 18.9. The maximum atomic E-state index is 12.6. The Morgan fingerprint density at radius 3 is 2.48 bits per heavy atom. The molecule has 0 radical (unpaired) electrons. The summed E-state index contributed by atoms with van der Waals surface area (Å²) in [6.07, 6.45) is 2.16. The van der Waals surface area contributed by atoms with Crippen LogP contribution in [0.2, 0.25) is 0 Å². The van der Waals surface area contributed by atoms with Crippen LogP contribution in [0.5, 0.6) is 0 Å². The van der Waals surface area contributed by atoms with Crippen molar-refractivity contribution in [3.63, 3.8) is 0 Å². The van der Waals surface area contributed by atoms with Gasteiger partial charge in [-0.15, -0.1) is 0 Å². The molecular formula is C22H26N4O. The molecule has 1 heterocycles. The Morgan fingerprint density at radius 1 is 1.07 bits per heavy atom. The second kappa shape index (κ2) is 8.64. The molecule has 1 N–H and O–H groups in total. The summed E-state index contributed by atoms with van der Waals surface area (Å²) in [7, 11) is 3.60. The largest absolute Gasteiger partial charge is 0.285 e. The van der Waals surface area contributed by atoms with E-state index in [1.807, 2.05) is 42.5 Å². The lowest BCUT2D eigenvalue weighted by molar-refractivity contribution is 0.0857. The summed E-state index contributed by atoms with van der Waals surface area (Å²) < 4.78 is 2.05. The number of hydrogen-bond acceptors (Lipinski definition) is 3. The molecule has 0 unspecified atom stereocenters. The van der Waals surface area contributed by atoms with Gasteiger partial charge < -0.3 is 0 Å². The Kier molecular flexibility index (Phi) is 6.04. The Balaban J connectivity index is 2.05. The molecule has 0 saturated heterocycles. The molecule has 1 amide bonds. The molecule has 0 aliphatic carbocycles. The Morgan fingerprint density at radius 2 is 1.78 bits per heavy atom. The van der Waals surface area contributed by atoms with Gasteiger partial charge in [-0.05, 0) is 24.1 Å². The lowest BCUT2D eigenvalue weighted by Gasteiger charge is -2.13. The van der Waals surface area contributed by atoms with Crippen molar-refractivity contribution in [1.82, 2.24) is 20.2 Å². The van der Waals surface area contributed by atoms with Crippen LogP contribution >= 0.6 is 0 Å². The van der Waals surface area contributed by atoms with Crippen molar-refractivity contribution < 1.29 is 4.79 Å². The number of carbonyl (C=O) groups is 1. The van der Waals surface area contributed by atoms with Gasteiger partial charge in [-0.2, -0.15) is 5.10 Å². The highest BCUT2D eigenvalue weighted by Crippen LogP contribution is 2.28. The molecular weight excluding hydrogens is 336 g/mol. The Bertz CT molecular complexity index is 900. The molecule has 5 heteroatoms. The molecule has 0 bridgehead atoms. The first-order chi connectivity index (χ1) is 13.1. The van der Waals surface area contributed by atoms with Crippen LogP contribution in [0.3, 0.4) is 0 Å². The van der Waals surface area contributed by atoms with Crippen LogP contribution in [0.1, 0.15) is 30.1 Å². The molecule has 3 rings (SSSR count). The summed E-state index contributed by atoms with van der Waals surface area (Å²) in [5.41, 5.74) is 7.28. The molecule has 140 valence electrons. The minimum Gasteiger partial charge on any atom is -0.285 e. The van der Waals surface area contributed by atoms with Crippen LogP contribution in [-0.2, 0) is 6.54 Å². The molecule has 0 spiro atoms. The van der Waals surface area contributed by atoms with E-state index >= 15 is 0 Å². The number of aryl methyl sites for hydroxylation is 1. The van der Waals surface area contributed by atoms with Crippen molar-refractivity contribution in [2.75, 3.05) is 14.1 Å². The number of benzene rings is 2. The van der Waals surface area contributed by atoms with E-state index in [0.29, 0.717) is 5.56 Å². The summed E-state index contributed by atoms with van der Waals surface area (Å²) >= 11 is 0. The van der Waals surface area contributed by atoms with Gasteiger partial charge in [0.15, 0.2) is 0 Å². The van der Waals surface area contributed by atoms with Gasteiger partial charge in [-0.25, -0.2) is 5.01 Å². The van der Waals surface area contributed by atoms with Crippen LogP contribution in [-0.4, -0.2) is 34.8 Å². The normalized spacial score (nSPS) is 11.0. The smallest absolute Gasteiger partial charge is 0.266 e. The van der Waals surface area contributed by atoms with Crippen LogP contribution in [0.4, 0.5) is 0 Å². The van der Waals surface area contributed by atoms with Crippen LogP contribution in [0, 0.1) is 0 Å². The monoisotopic (exact) mass is 362 g/mol. The van der Waals surface area contributed by atoms with E-state index in [0.717, 1.165) is 41.9 Å². The lowest BCUT2D eigenvalue weighted by atomic mass is 10.0. The SMILES string of the molecule is CCCCn1nc(-c2ccccc2C(=O)NN(C)C)cc1-c1ccccc1. The minimum absolute atomic E-state index is 0.139. The molecule has 0 aliphatic rings. The fourth-order valence-electron chi connectivity index (χ4n) is 3.04. The standard InChI is InChI=1S/C22H26N4O/c1-4-5-15-26-21(17-11-7-6-8-12-17)16-20(23-26)18-13-9-10-14-19(18)22(27)24-25(2)3/h6-14,16H,4-5,15H2,1-3H3,(H,24,27). The number of hydrazine groups is 1. The van der Waals surface area contributed by atoms with Gasteiger partial charge in [0, 0.05) is 26.2 Å². The van der Waals surface area contributed by atoms with E-state index in [1.165, 1.54) is 0 Å². The van der Waals surface area contributed by atoms with E-state index < -0.39 is 0 Å². The van der Waals surface area contributed by atoms with Crippen molar-refractivity contribution in [1.29, 1.82) is 0 Å². The summed E-state index contributed by atoms with van der Waals surface area (Å²) in [4.78, 5) is 12.6. The van der Waals surface area contributed by atoms with Crippen LogP contribution in [0.15, 0.2) is 60.7 Å². The average Bonchev–Trinajstić information content (AvgIpc) is 3.10. The number of aromatic nitrogens is 2. The van der Waals surface area contributed by atoms with E-state index in [4.69, 9.17) is 5.10 Å². The summed E-state index contributed by atoms with van der Waals surface area (Å²) in [5, 5.41) is 6.49. The molecule has 5 nitrogen and oxygen atoms in total. The van der Waals surface area contributed by atoms with Gasteiger partial charge in [0.05, 0.1) is 17.0 Å². The predicted molar refractivity (Wildman–Crippen MR) is 109 cm³/mol. The third-order valence-electron chi connectivity index (χ3n) is 4.35. The average molecular weight is 362 g/mol. The second-order valence-electron chi connectivity index (χ2n) is 6.74. The number of unbranched alkanes of at least 4 members (excludes halogenated alkanes) is 1. The van der Waals surface area contributed by atoms with Crippen LogP contribution < -0.4 is 5.43 Å². The molecule has 3 aromatic rings. The van der Waals surface area contributed by atoms with E-state index in [1.54, 1.807) is 19.1 Å². The fraction of sp³-hybridized carbons (Fsp3) is 0.273. The van der Waals surface area contributed by atoms with Crippen LogP contribution in [0.25, 0.3) is 22.5 Å². The highest BCUT2D eigenvalue weighted by atomic mass is 16.2. The number of nitrogens with one attached hydrogen (secondary N) is 1. The lowest BCUT2D eigenvalue weighted by Crippen LogP contribution is -2.36. The molecule has 0 saturated carbocycles.